The van der Waals surface area contributed by atoms with Crippen LogP contribution in [0.4, 0.5) is 0 Å². The second-order valence-corrected chi connectivity index (χ2v) is 3.92. The van der Waals surface area contributed by atoms with Crippen molar-refractivity contribution in [1.82, 2.24) is 4.98 Å². The largest absolute Gasteiger partial charge is 0.456 e. The predicted octanol–water partition coefficient (Wildman–Crippen LogP) is 3.30. The highest BCUT2D eigenvalue weighted by Crippen LogP contribution is 2.23. The molecule has 1 aromatic carbocycles. The third kappa shape index (κ3) is 2.69. The number of aryl methyl sites for hydroxylation is 2. The molecule has 0 N–H and O–H groups in total. The van der Waals surface area contributed by atoms with Crippen LogP contribution < -0.4 is 4.74 Å². The van der Waals surface area contributed by atoms with E-state index in [0.29, 0.717) is 11.3 Å². The van der Waals surface area contributed by atoms with Crippen molar-refractivity contribution in [2.45, 2.75) is 13.8 Å². The van der Waals surface area contributed by atoms with Crippen LogP contribution in [0.2, 0.25) is 0 Å². The van der Waals surface area contributed by atoms with Gasteiger partial charge >= 0.3 is 0 Å². The SMILES string of the molecule is Cc1ccc(Oc2cncc(C=O)c2)cc1C. The van der Waals surface area contributed by atoms with Gasteiger partial charge in [-0.2, -0.15) is 0 Å². The molecule has 0 aliphatic rings. The van der Waals surface area contributed by atoms with Gasteiger partial charge in [0.25, 0.3) is 0 Å². The van der Waals surface area contributed by atoms with Crippen molar-refractivity contribution < 1.29 is 9.53 Å². The van der Waals surface area contributed by atoms with Crippen LogP contribution in [0.1, 0.15) is 21.5 Å². The van der Waals surface area contributed by atoms with Crippen molar-refractivity contribution >= 4 is 6.29 Å². The monoisotopic (exact) mass is 227 g/mol. The first-order chi connectivity index (χ1) is 8.19. The van der Waals surface area contributed by atoms with Crippen molar-refractivity contribution in [2.24, 2.45) is 0 Å². The van der Waals surface area contributed by atoms with Gasteiger partial charge in [-0.1, -0.05) is 6.07 Å². The summed E-state index contributed by atoms with van der Waals surface area (Å²) in [5.74, 6) is 1.32. The van der Waals surface area contributed by atoms with Crippen LogP contribution in [0.3, 0.4) is 0 Å². The van der Waals surface area contributed by atoms with Gasteiger partial charge in [-0.15, -0.1) is 0 Å². The molecule has 0 radical (unpaired) electrons. The maximum Gasteiger partial charge on any atom is 0.151 e. The van der Waals surface area contributed by atoms with E-state index in [4.69, 9.17) is 4.74 Å². The quantitative estimate of drug-likeness (QED) is 0.755. The number of carbonyl (C=O) groups is 1. The second-order valence-electron chi connectivity index (χ2n) is 3.92. The minimum Gasteiger partial charge on any atom is -0.456 e. The Kier molecular flexibility index (Phi) is 3.19. The number of hydrogen-bond donors (Lipinski definition) is 0. The first-order valence-corrected chi connectivity index (χ1v) is 5.34. The van der Waals surface area contributed by atoms with Gasteiger partial charge in [0.1, 0.15) is 11.5 Å². The van der Waals surface area contributed by atoms with Gasteiger partial charge in [0.2, 0.25) is 0 Å². The fourth-order valence-electron chi connectivity index (χ4n) is 1.47. The average Bonchev–Trinajstić information content (AvgIpc) is 2.34. The Bertz CT molecular complexity index is 550. The second kappa shape index (κ2) is 4.78. The molecule has 0 atom stereocenters. The van der Waals surface area contributed by atoms with E-state index in [2.05, 4.69) is 4.98 Å². The summed E-state index contributed by atoms with van der Waals surface area (Å²) in [6.07, 6.45) is 3.84. The summed E-state index contributed by atoms with van der Waals surface area (Å²) in [4.78, 5) is 14.5. The number of aromatic nitrogens is 1. The first kappa shape index (κ1) is 11.3. The van der Waals surface area contributed by atoms with E-state index in [0.717, 1.165) is 12.0 Å². The third-order valence-electron chi connectivity index (χ3n) is 2.58. The fraction of sp³-hybridized carbons (Fsp3) is 0.143. The summed E-state index contributed by atoms with van der Waals surface area (Å²) in [5, 5.41) is 0. The molecule has 0 amide bonds. The highest BCUT2D eigenvalue weighted by molar-refractivity contribution is 5.74. The van der Waals surface area contributed by atoms with Gasteiger partial charge in [-0.3, -0.25) is 9.78 Å². The lowest BCUT2D eigenvalue weighted by atomic mass is 10.1. The molecular weight excluding hydrogens is 214 g/mol. The van der Waals surface area contributed by atoms with E-state index in [9.17, 15) is 4.79 Å². The number of aldehydes is 1. The average molecular weight is 227 g/mol. The molecule has 0 aliphatic heterocycles. The Hall–Kier alpha value is -2.16. The molecule has 0 unspecified atom stereocenters. The lowest BCUT2D eigenvalue weighted by molar-refractivity contribution is 0.112. The standard InChI is InChI=1S/C14H13NO2/c1-10-3-4-13(5-11(10)2)17-14-6-12(9-16)7-15-8-14/h3-9H,1-2H3. The molecule has 0 bridgehead atoms. The molecule has 3 heteroatoms. The number of nitrogens with zero attached hydrogens (tertiary/aromatic N) is 1. The topological polar surface area (TPSA) is 39.2 Å². The molecule has 86 valence electrons. The van der Waals surface area contributed by atoms with Crippen molar-refractivity contribution in [3.63, 3.8) is 0 Å². The summed E-state index contributed by atoms with van der Waals surface area (Å²) < 4.78 is 5.64. The number of pyridine rings is 1. The van der Waals surface area contributed by atoms with E-state index in [-0.39, 0.29) is 0 Å². The molecule has 0 fully saturated rings. The van der Waals surface area contributed by atoms with Gasteiger partial charge in [0.15, 0.2) is 6.29 Å². The van der Waals surface area contributed by atoms with Crippen LogP contribution >= 0.6 is 0 Å². The normalized spacial score (nSPS) is 10.0. The molecule has 0 aliphatic carbocycles. The third-order valence-corrected chi connectivity index (χ3v) is 2.58. The zero-order valence-electron chi connectivity index (χ0n) is 9.81. The Morgan fingerprint density at radius 2 is 1.88 bits per heavy atom. The minimum absolute atomic E-state index is 0.506. The summed E-state index contributed by atoms with van der Waals surface area (Å²) >= 11 is 0. The summed E-state index contributed by atoms with van der Waals surface area (Å²) in [5.41, 5.74) is 2.89. The van der Waals surface area contributed by atoms with Crippen LogP contribution in [-0.2, 0) is 0 Å². The van der Waals surface area contributed by atoms with Crippen LogP contribution in [0, 0.1) is 13.8 Å². The maximum atomic E-state index is 10.6. The van der Waals surface area contributed by atoms with Crippen LogP contribution in [-0.4, -0.2) is 11.3 Å². The van der Waals surface area contributed by atoms with Gasteiger partial charge in [-0.05, 0) is 43.2 Å². The van der Waals surface area contributed by atoms with Gasteiger partial charge in [-0.25, -0.2) is 0 Å². The summed E-state index contributed by atoms with van der Waals surface area (Å²) in [7, 11) is 0. The number of ether oxygens (including phenoxy) is 1. The fourth-order valence-corrected chi connectivity index (χ4v) is 1.47. The van der Waals surface area contributed by atoms with Gasteiger partial charge in [0, 0.05) is 11.8 Å². The molecule has 17 heavy (non-hydrogen) atoms. The molecule has 1 heterocycles. The van der Waals surface area contributed by atoms with E-state index in [1.165, 1.54) is 17.3 Å². The Morgan fingerprint density at radius 1 is 1.06 bits per heavy atom. The number of carbonyl (C=O) groups excluding carboxylic acids is 1. The summed E-state index contributed by atoms with van der Waals surface area (Å²) in [6.45, 7) is 4.08. The highest BCUT2D eigenvalue weighted by atomic mass is 16.5. The van der Waals surface area contributed by atoms with Gasteiger partial charge < -0.3 is 4.74 Å². The molecule has 3 nitrogen and oxygen atoms in total. The highest BCUT2D eigenvalue weighted by Gasteiger charge is 2.01. The number of rotatable bonds is 3. The molecule has 2 rings (SSSR count). The minimum atomic E-state index is 0.506. The van der Waals surface area contributed by atoms with E-state index in [1.54, 1.807) is 12.3 Å². The van der Waals surface area contributed by atoms with Gasteiger partial charge in [0.05, 0.1) is 6.20 Å². The van der Waals surface area contributed by atoms with Crippen LogP contribution in [0.25, 0.3) is 0 Å². The Labute approximate surface area is 100 Å². The lowest BCUT2D eigenvalue weighted by Crippen LogP contribution is -1.89. The molecule has 0 saturated heterocycles. The number of benzene rings is 1. The van der Waals surface area contributed by atoms with Crippen molar-refractivity contribution in [3.8, 4) is 11.5 Å². The maximum absolute atomic E-state index is 10.6. The van der Waals surface area contributed by atoms with E-state index in [1.807, 2.05) is 32.0 Å². The smallest absolute Gasteiger partial charge is 0.151 e. The zero-order valence-corrected chi connectivity index (χ0v) is 9.81. The number of hydrogen-bond acceptors (Lipinski definition) is 3. The summed E-state index contributed by atoms with van der Waals surface area (Å²) in [6, 6.07) is 7.52. The first-order valence-electron chi connectivity index (χ1n) is 5.34. The molecule has 0 spiro atoms. The molecule has 2 aromatic rings. The predicted molar refractivity (Wildman–Crippen MR) is 65.6 cm³/mol. The Balaban J connectivity index is 2.24. The molecule has 0 saturated carbocycles. The van der Waals surface area contributed by atoms with Crippen LogP contribution in [0.5, 0.6) is 11.5 Å². The van der Waals surface area contributed by atoms with E-state index < -0.39 is 0 Å². The molecule has 1 aromatic heterocycles. The van der Waals surface area contributed by atoms with Crippen molar-refractivity contribution in [3.05, 3.63) is 53.3 Å². The van der Waals surface area contributed by atoms with Crippen molar-refractivity contribution in [1.29, 1.82) is 0 Å². The van der Waals surface area contributed by atoms with E-state index >= 15 is 0 Å². The Morgan fingerprint density at radius 3 is 2.59 bits per heavy atom. The lowest BCUT2D eigenvalue weighted by Gasteiger charge is -2.07. The zero-order chi connectivity index (χ0) is 12.3. The van der Waals surface area contributed by atoms with Crippen molar-refractivity contribution in [2.75, 3.05) is 0 Å². The van der Waals surface area contributed by atoms with Crippen LogP contribution in [0.15, 0.2) is 36.7 Å². The molecular formula is C14H13NO2.